The molecule has 1 aliphatic carbocycles. The fourth-order valence-electron chi connectivity index (χ4n) is 1.91. The zero-order valence-corrected chi connectivity index (χ0v) is 11.8. The fourth-order valence-corrected chi connectivity index (χ4v) is 2.38. The van der Waals surface area contributed by atoms with Crippen molar-refractivity contribution in [1.82, 2.24) is 0 Å². The van der Waals surface area contributed by atoms with Gasteiger partial charge in [-0.2, -0.15) is 0 Å². The van der Waals surface area contributed by atoms with Gasteiger partial charge in [0.15, 0.2) is 0 Å². The number of nitro benzene ring substituents is 1. The van der Waals surface area contributed by atoms with E-state index >= 15 is 0 Å². The molecule has 0 radical (unpaired) electrons. The highest BCUT2D eigenvalue weighted by atomic mass is 127. The van der Waals surface area contributed by atoms with Crippen LogP contribution < -0.4 is 5.32 Å². The van der Waals surface area contributed by atoms with E-state index in [9.17, 15) is 10.1 Å². The molecule has 0 heterocycles. The molecule has 0 saturated heterocycles. The monoisotopic (exact) mass is 346 g/mol. The molecule has 5 heteroatoms. The lowest BCUT2D eigenvalue weighted by atomic mass is 10.1. The SMILES string of the molecule is CC(CNc1ccc(I)cc1[N+](=O)[O-])C1CC1. The van der Waals surface area contributed by atoms with Crippen molar-refractivity contribution in [1.29, 1.82) is 0 Å². The first-order valence-electron chi connectivity index (χ1n) is 5.75. The maximum Gasteiger partial charge on any atom is 0.293 e. The number of anilines is 1. The van der Waals surface area contributed by atoms with Crippen LogP contribution in [0.4, 0.5) is 11.4 Å². The minimum atomic E-state index is -0.327. The first kappa shape index (κ1) is 12.6. The van der Waals surface area contributed by atoms with Crippen LogP contribution >= 0.6 is 22.6 Å². The molecule has 4 nitrogen and oxygen atoms in total. The van der Waals surface area contributed by atoms with Crippen molar-refractivity contribution in [3.05, 3.63) is 31.9 Å². The number of nitro groups is 1. The third-order valence-corrected chi connectivity index (χ3v) is 3.87. The first-order valence-corrected chi connectivity index (χ1v) is 6.83. The molecule has 1 atom stereocenters. The Morgan fingerprint density at radius 2 is 2.29 bits per heavy atom. The Morgan fingerprint density at radius 1 is 1.59 bits per heavy atom. The van der Waals surface area contributed by atoms with Gasteiger partial charge in [-0.05, 0) is 59.4 Å². The lowest BCUT2D eigenvalue weighted by Gasteiger charge is -2.12. The molecule has 0 aromatic heterocycles. The zero-order chi connectivity index (χ0) is 12.4. The second-order valence-electron chi connectivity index (χ2n) is 4.61. The van der Waals surface area contributed by atoms with E-state index in [4.69, 9.17) is 0 Å². The second-order valence-corrected chi connectivity index (χ2v) is 5.86. The predicted molar refractivity (Wildman–Crippen MR) is 76.2 cm³/mol. The van der Waals surface area contributed by atoms with Crippen LogP contribution in [0.25, 0.3) is 0 Å². The van der Waals surface area contributed by atoms with Crippen molar-refractivity contribution in [3.8, 4) is 0 Å². The molecule has 1 aliphatic rings. The Morgan fingerprint density at radius 3 is 2.88 bits per heavy atom. The number of halogens is 1. The van der Waals surface area contributed by atoms with Crippen LogP contribution in [0.1, 0.15) is 19.8 Å². The van der Waals surface area contributed by atoms with Crippen LogP contribution in [0.3, 0.4) is 0 Å². The van der Waals surface area contributed by atoms with Gasteiger partial charge in [0.25, 0.3) is 5.69 Å². The maximum absolute atomic E-state index is 10.9. The number of hydrogen-bond acceptors (Lipinski definition) is 3. The van der Waals surface area contributed by atoms with Gasteiger partial charge >= 0.3 is 0 Å². The van der Waals surface area contributed by atoms with E-state index in [2.05, 4.69) is 34.8 Å². The topological polar surface area (TPSA) is 55.2 Å². The molecule has 1 N–H and O–H groups in total. The van der Waals surface area contributed by atoms with Crippen molar-refractivity contribution in [2.75, 3.05) is 11.9 Å². The number of hydrogen-bond donors (Lipinski definition) is 1. The molecule has 1 fully saturated rings. The third-order valence-electron chi connectivity index (χ3n) is 3.20. The molecular formula is C12H15IN2O2. The van der Waals surface area contributed by atoms with Crippen molar-refractivity contribution < 1.29 is 4.92 Å². The fraction of sp³-hybridized carbons (Fsp3) is 0.500. The summed E-state index contributed by atoms with van der Waals surface area (Å²) >= 11 is 2.09. The van der Waals surface area contributed by atoms with Gasteiger partial charge in [0.2, 0.25) is 0 Å². The Kier molecular flexibility index (Phi) is 3.86. The van der Waals surface area contributed by atoms with Gasteiger partial charge in [0.05, 0.1) is 4.92 Å². The zero-order valence-electron chi connectivity index (χ0n) is 9.65. The van der Waals surface area contributed by atoms with Gasteiger partial charge in [0.1, 0.15) is 5.69 Å². The standard InChI is InChI=1S/C12H15IN2O2/c1-8(9-2-3-9)7-14-11-5-4-10(13)6-12(11)15(16)17/h4-6,8-9,14H,2-3,7H2,1H3. The van der Waals surface area contributed by atoms with Crippen molar-refractivity contribution >= 4 is 34.0 Å². The smallest absolute Gasteiger partial charge is 0.293 e. The summed E-state index contributed by atoms with van der Waals surface area (Å²) in [5, 5.41) is 14.1. The third kappa shape index (κ3) is 3.31. The van der Waals surface area contributed by atoms with Gasteiger partial charge in [-0.25, -0.2) is 0 Å². The average molecular weight is 346 g/mol. The quantitative estimate of drug-likeness (QED) is 0.503. The Hall–Kier alpha value is -0.850. The molecule has 92 valence electrons. The van der Waals surface area contributed by atoms with E-state index in [0.29, 0.717) is 11.6 Å². The summed E-state index contributed by atoms with van der Waals surface area (Å²) in [6, 6.07) is 5.28. The summed E-state index contributed by atoms with van der Waals surface area (Å²) in [5.41, 5.74) is 0.794. The summed E-state index contributed by atoms with van der Waals surface area (Å²) in [4.78, 5) is 10.6. The van der Waals surface area contributed by atoms with Crippen molar-refractivity contribution in [2.24, 2.45) is 11.8 Å². The van der Waals surface area contributed by atoms with Crippen LogP contribution in [0.15, 0.2) is 18.2 Å². The van der Waals surface area contributed by atoms with E-state index in [1.165, 1.54) is 12.8 Å². The largest absolute Gasteiger partial charge is 0.379 e. The number of nitrogens with one attached hydrogen (secondary N) is 1. The Bertz CT molecular complexity index is 433. The lowest BCUT2D eigenvalue weighted by Crippen LogP contribution is -2.13. The van der Waals surface area contributed by atoms with Crippen molar-refractivity contribution in [3.63, 3.8) is 0 Å². The van der Waals surface area contributed by atoms with Crippen molar-refractivity contribution in [2.45, 2.75) is 19.8 Å². The lowest BCUT2D eigenvalue weighted by molar-refractivity contribution is -0.384. The highest BCUT2D eigenvalue weighted by Gasteiger charge is 2.28. The molecule has 0 bridgehead atoms. The summed E-state index contributed by atoms with van der Waals surface area (Å²) < 4.78 is 0.884. The molecule has 2 rings (SSSR count). The molecule has 0 amide bonds. The van der Waals surface area contributed by atoms with E-state index in [-0.39, 0.29) is 10.6 Å². The molecule has 1 aromatic rings. The van der Waals surface area contributed by atoms with Crippen LogP contribution in [-0.2, 0) is 0 Å². The van der Waals surface area contributed by atoms with Gasteiger partial charge in [-0.1, -0.05) is 6.92 Å². The number of benzene rings is 1. The minimum Gasteiger partial charge on any atom is -0.379 e. The van der Waals surface area contributed by atoms with Crippen LogP contribution in [0.5, 0.6) is 0 Å². The maximum atomic E-state index is 10.9. The summed E-state index contributed by atoms with van der Waals surface area (Å²) in [5.74, 6) is 1.40. The molecule has 1 saturated carbocycles. The van der Waals surface area contributed by atoms with Crippen LogP contribution in [0, 0.1) is 25.5 Å². The molecular weight excluding hydrogens is 331 g/mol. The van der Waals surface area contributed by atoms with Gasteiger partial charge in [-0.3, -0.25) is 10.1 Å². The normalized spacial score (nSPS) is 16.6. The summed E-state index contributed by atoms with van der Waals surface area (Å²) in [6.07, 6.45) is 2.61. The summed E-state index contributed by atoms with van der Waals surface area (Å²) in [6.45, 7) is 3.01. The van der Waals surface area contributed by atoms with E-state index in [1.807, 2.05) is 6.07 Å². The Balaban J connectivity index is 2.06. The van der Waals surface area contributed by atoms with E-state index in [1.54, 1.807) is 12.1 Å². The van der Waals surface area contributed by atoms with E-state index in [0.717, 1.165) is 16.0 Å². The molecule has 17 heavy (non-hydrogen) atoms. The molecule has 0 spiro atoms. The van der Waals surface area contributed by atoms with Crippen LogP contribution in [-0.4, -0.2) is 11.5 Å². The van der Waals surface area contributed by atoms with Gasteiger partial charge in [-0.15, -0.1) is 0 Å². The average Bonchev–Trinajstić information content (AvgIpc) is 3.10. The van der Waals surface area contributed by atoms with E-state index < -0.39 is 0 Å². The minimum absolute atomic E-state index is 0.167. The second kappa shape index (κ2) is 5.20. The van der Waals surface area contributed by atoms with Gasteiger partial charge in [0, 0.05) is 16.2 Å². The van der Waals surface area contributed by atoms with Gasteiger partial charge < -0.3 is 5.32 Å². The number of rotatable bonds is 5. The Labute approximate surface area is 114 Å². The molecule has 1 aromatic carbocycles. The highest BCUT2D eigenvalue weighted by Crippen LogP contribution is 2.37. The molecule has 0 aliphatic heterocycles. The number of nitrogens with zero attached hydrogens (tertiary/aromatic N) is 1. The first-order chi connectivity index (χ1) is 8.08. The predicted octanol–water partition coefficient (Wildman–Crippen LogP) is 3.66. The molecule has 1 unspecified atom stereocenters. The highest BCUT2D eigenvalue weighted by molar-refractivity contribution is 14.1. The van der Waals surface area contributed by atoms with Crippen LogP contribution in [0.2, 0.25) is 0 Å². The summed E-state index contributed by atoms with van der Waals surface area (Å²) in [7, 11) is 0.